The lowest BCUT2D eigenvalue weighted by Crippen LogP contribution is -1.90. The molecular weight excluding hydrogens is 447 g/mol. The topological polar surface area (TPSA) is 0 Å². The van der Waals surface area contributed by atoms with Gasteiger partial charge in [0.1, 0.15) is 0 Å². The van der Waals surface area contributed by atoms with Crippen LogP contribution >= 0.6 is 43.3 Å². The first-order valence-corrected chi connectivity index (χ1v) is 12.8. The highest BCUT2D eigenvalue weighted by atomic mass is 35.7. The van der Waals surface area contributed by atoms with E-state index in [1.807, 2.05) is 0 Å². The molecule has 0 spiro atoms. The van der Waals surface area contributed by atoms with Gasteiger partial charge < -0.3 is 0 Å². The van der Waals surface area contributed by atoms with Crippen molar-refractivity contribution < 1.29 is 0 Å². The van der Waals surface area contributed by atoms with E-state index in [2.05, 4.69) is 97.1 Å². The smallest absolute Gasteiger partial charge is 0.0233 e. The molecule has 0 amide bonds. The molecule has 0 fully saturated rings. The summed E-state index contributed by atoms with van der Waals surface area (Å²) < 4.78 is 0. The predicted octanol–water partition coefficient (Wildman–Crippen LogP) is 9.82. The first-order valence-electron chi connectivity index (χ1n) is 9.51. The largest absolute Gasteiger partial charge is 0.0616 e. The summed E-state index contributed by atoms with van der Waals surface area (Å²) in [6.45, 7) is 0. The molecule has 5 rings (SSSR count). The monoisotopic (exact) mass is 462 g/mol. The fourth-order valence-electron chi connectivity index (χ4n) is 4.10. The van der Waals surface area contributed by atoms with Crippen LogP contribution in [-0.2, 0) is 0 Å². The summed E-state index contributed by atoms with van der Waals surface area (Å²) >= 11 is 0. The Morgan fingerprint density at radius 3 is 0.967 bits per heavy atom. The normalized spacial score (nSPS) is 11.3. The Bertz CT molecular complexity index is 1180. The van der Waals surface area contributed by atoms with Crippen LogP contribution in [0.3, 0.4) is 0 Å². The van der Waals surface area contributed by atoms with Crippen molar-refractivity contribution >= 4 is 64.9 Å². The highest BCUT2D eigenvalue weighted by Crippen LogP contribution is 2.44. The van der Waals surface area contributed by atoms with Gasteiger partial charge in [0.25, 0.3) is 0 Å². The standard InChI is InChI=1S/C26H16Cl2S2/c27-29-19-13-9-17(10-14-19)25-21-5-1-2-6-22(21)26(24-8-4-3-7-23(24)25)18-11-15-20(30-28)16-12-18/h1-16H. The minimum Gasteiger partial charge on any atom is -0.0616 e. The van der Waals surface area contributed by atoms with Crippen molar-refractivity contribution in [3.8, 4) is 22.3 Å². The molecule has 0 atom stereocenters. The Kier molecular flexibility index (Phi) is 5.66. The zero-order chi connectivity index (χ0) is 20.5. The second-order valence-electron chi connectivity index (χ2n) is 7.04. The van der Waals surface area contributed by atoms with Crippen molar-refractivity contribution in [3.05, 3.63) is 97.1 Å². The molecule has 0 saturated carbocycles. The minimum absolute atomic E-state index is 1.04. The van der Waals surface area contributed by atoms with E-state index in [9.17, 15) is 0 Å². The van der Waals surface area contributed by atoms with Gasteiger partial charge in [-0.1, -0.05) is 72.8 Å². The molecule has 30 heavy (non-hydrogen) atoms. The van der Waals surface area contributed by atoms with Crippen LogP contribution < -0.4 is 0 Å². The van der Waals surface area contributed by atoms with E-state index in [0.717, 1.165) is 9.79 Å². The minimum atomic E-state index is 1.04. The van der Waals surface area contributed by atoms with Crippen LogP contribution in [0.25, 0.3) is 43.8 Å². The number of benzene rings is 5. The quantitative estimate of drug-likeness (QED) is 0.243. The van der Waals surface area contributed by atoms with E-state index < -0.39 is 0 Å². The SMILES string of the molecule is ClSc1ccc(-c2c3ccccc3c(-c3ccc(SCl)cc3)c3ccccc23)cc1. The predicted molar refractivity (Wildman–Crippen MR) is 136 cm³/mol. The fraction of sp³-hybridized carbons (Fsp3) is 0. The van der Waals surface area contributed by atoms with Crippen LogP contribution in [0, 0.1) is 0 Å². The molecule has 0 radical (unpaired) electrons. The van der Waals surface area contributed by atoms with Gasteiger partial charge in [0.15, 0.2) is 0 Å². The number of fused-ring (bicyclic) bond motifs is 2. The molecule has 0 aromatic heterocycles. The third kappa shape index (κ3) is 3.48. The van der Waals surface area contributed by atoms with Gasteiger partial charge in [-0.05, 0) is 111 Å². The van der Waals surface area contributed by atoms with Crippen molar-refractivity contribution in [1.82, 2.24) is 0 Å². The molecule has 146 valence electrons. The van der Waals surface area contributed by atoms with Crippen molar-refractivity contribution in [2.75, 3.05) is 0 Å². The summed E-state index contributed by atoms with van der Waals surface area (Å²) in [5.74, 6) is 0. The van der Waals surface area contributed by atoms with Crippen LogP contribution in [0.15, 0.2) is 107 Å². The lowest BCUT2D eigenvalue weighted by molar-refractivity contribution is 1.47. The average molecular weight is 463 g/mol. The van der Waals surface area contributed by atoms with Gasteiger partial charge in [-0.25, -0.2) is 0 Å². The maximum atomic E-state index is 5.93. The maximum absolute atomic E-state index is 5.93. The lowest BCUT2D eigenvalue weighted by atomic mass is 9.86. The fourth-order valence-corrected chi connectivity index (χ4v) is 5.19. The van der Waals surface area contributed by atoms with Crippen LogP contribution in [0.5, 0.6) is 0 Å². The molecule has 0 nitrogen and oxygen atoms in total. The van der Waals surface area contributed by atoms with E-state index in [1.165, 1.54) is 65.7 Å². The van der Waals surface area contributed by atoms with E-state index in [0.29, 0.717) is 0 Å². The molecule has 0 heterocycles. The summed E-state index contributed by atoms with van der Waals surface area (Å²) in [4.78, 5) is 2.09. The maximum Gasteiger partial charge on any atom is 0.0233 e. The number of halogens is 2. The molecule has 0 N–H and O–H groups in total. The lowest BCUT2D eigenvalue weighted by Gasteiger charge is -2.18. The zero-order valence-corrected chi connectivity index (χ0v) is 19.0. The molecule has 0 aliphatic rings. The molecule has 5 aromatic carbocycles. The van der Waals surface area contributed by atoms with Crippen LogP contribution in [-0.4, -0.2) is 0 Å². The van der Waals surface area contributed by atoms with Crippen molar-refractivity contribution in [3.63, 3.8) is 0 Å². The van der Waals surface area contributed by atoms with E-state index in [-0.39, 0.29) is 0 Å². The summed E-state index contributed by atoms with van der Waals surface area (Å²) in [6, 6.07) is 34.2. The second-order valence-corrected chi connectivity index (χ2v) is 9.22. The molecule has 0 bridgehead atoms. The average Bonchev–Trinajstić information content (AvgIpc) is 2.82. The number of rotatable bonds is 4. The van der Waals surface area contributed by atoms with Crippen LogP contribution in [0.2, 0.25) is 0 Å². The summed E-state index contributed by atoms with van der Waals surface area (Å²) in [5, 5.41) is 4.98. The summed E-state index contributed by atoms with van der Waals surface area (Å²) in [5.41, 5.74) is 4.89. The third-order valence-electron chi connectivity index (χ3n) is 5.40. The molecular formula is C26H16Cl2S2. The number of hydrogen-bond acceptors (Lipinski definition) is 2. The van der Waals surface area contributed by atoms with Crippen LogP contribution in [0.4, 0.5) is 0 Å². The first kappa shape index (κ1) is 19.8. The molecule has 0 saturated heterocycles. The molecule has 5 aromatic rings. The summed E-state index contributed by atoms with van der Waals surface area (Å²) in [6.07, 6.45) is 0. The van der Waals surface area contributed by atoms with Crippen molar-refractivity contribution in [2.24, 2.45) is 0 Å². The van der Waals surface area contributed by atoms with Crippen molar-refractivity contribution in [2.45, 2.75) is 9.79 Å². The Morgan fingerprint density at radius 2 is 0.700 bits per heavy atom. The Labute approximate surface area is 193 Å². The molecule has 0 unspecified atom stereocenters. The number of hydrogen-bond donors (Lipinski definition) is 0. The van der Waals surface area contributed by atoms with Gasteiger partial charge in [0.2, 0.25) is 0 Å². The Hall–Kier alpha value is -2.10. The zero-order valence-electron chi connectivity index (χ0n) is 15.8. The van der Waals surface area contributed by atoms with Crippen LogP contribution in [0.1, 0.15) is 0 Å². The van der Waals surface area contributed by atoms with Gasteiger partial charge >= 0.3 is 0 Å². The third-order valence-corrected chi connectivity index (χ3v) is 7.37. The highest BCUT2D eigenvalue weighted by molar-refractivity contribution is 8.21. The highest BCUT2D eigenvalue weighted by Gasteiger charge is 2.16. The Balaban J connectivity index is 1.88. The van der Waals surface area contributed by atoms with Gasteiger partial charge in [0, 0.05) is 9.79 Å². The van der Waals surface area contributed by atoms with Crippen molar-refractivity contribution in [1.29, 1.82) is 0 Å². The Morgan fingerprint density at radius 1 is 0.400 bits per heavy atom. The van der Waals surface area contributed by atoms with Gasteiger partial charge in [-0.3, -0.25) is 0 Å². The van der Waals surface area contributed by atoms with E-state index >= 15 is 0 Å². The van der Waals surface area contributed by atoms with Gasteiger partial charge in [-0.15, -0.1) is 0 Å². The molecule has 4 heteroatoms. The van der Waals surface area contributed by atoms with E-state index in [4.69, 9.17) is 21.4 Å². The van der Waals surface area contributed by atoms with Gasteiger partial charge in [-0.2, -0.15) is 0 Å². The summed E-state index contributed by atoms with van der Waals surface area (Å²) in [7, 11) is 14.4. The molecule has 0 aliphatic heterocycles. The second kappa shape index (κ2) is 8.56. The van der Waals surface area contributed by atoms with Gasteiger partial charge in [0.05, 0.1) is 0 Å². The van der Waals surface area contributed by atoms with E-state index in [1.54, 1.807) is 0 Å². The molecule has 0 aliphatic carbocycles. The first-order chi connectivity index (χ1) is 14.8.